The van der Waals surface area contributed by atoms with Crippen molar-refractivity contribution >= 4 is 69.0 Å². The molecule has 0 spiro atoms. The lowest BCUT2D eigenvalue weighted by atomic mass is 9.97. The fourth-order valence-electron chi connectivity index (χ4n) is 3.90. The number of pyridine rings is 2. The van der Waals surface area contributed by atoms with E-state index in [-0.39, 0.29) is 22.5 Å². The van der Waals surface area contributed by atoms with Gasteiger partial charge in [0, 0.05) is 40.0 Å². The Bertz CT molecular complexity index is 1510. The number of hydrogen-bond donors (Lipinski definition) is 1. The first-order chi connectivity index (χ1) is 16.6. The highest BCUT2D eigenvalue weighted by Crippen LogP contribution is 2.40. The van der Waals surface area contributed by atoms with Crippen LogP contribution in [0.2, 0.25) is 20.1 Å². The van der Waals surface area contributed by atoms with Crippen LogP contribution in [0, 0.1) is 5.92 Å². The van der Waals surface area contributed by atoms with Crippen LogP contribution in [0.4, 0.5) is 5.69 Å². The summed E-state index contributed by atoms with van der Waals surface area (Å²) in [6.07, 6.45) is 0. The summed E-state index contributed by atoms with van der Waals surface area (Å²) < 4.78 is 1.53. The first-order valence-corrected chi connectivity index (χ1v) is 12.3. The van der Waals surface area contributed by atoms with Gasteiger partial charge in [0.15, 0.2) is 0 Å². The van der Waals surface area contributed by atoms with Crippen molar-refractivity contribution in [1.82, 2.24) is 9.55 Å². The molecule has 35 heavy (non-hydrogen) atoms. The third-order valence-electron chi connectivity index (χ3n) is 5.37. The normalized spacial score (nSPS) is 11.3. The first kappa shape index (κ1) is 25.5. The van der Waals surface area contributed by atoms with Crippen LogP contribution in [0.1, 0.15) is 20.8 Å². The highest BCUT2D eigenvalue weighted by atomic mass is 35.5. The summed E-state index contributed by atoms with van der Waals surface area (Å²) in [7, 11) is 0. The van der Waals surface area contributed by atoms with Gasteiger partial charge >= 0.3 is 0 Å². The SMILES string of the molecule is CC(=O)Nc1c(Cl)c(=O)n(CC(C)C)c2nc(-c3ccc(Cl)cc3Cl)c(-c3ccc(Cl)cc3)cc12. The highest BCUT2D eigenvalue weighted by Gasteiger charge is 2.22. The molecule has 9 heteroatoms. The molecule has 2 aromatic heterocycles. The highest BCUT2D eigenvalue weighted by molar-refractivity contribution is 6.37. The Balaban J connectivity index is 2.18. The zero-order valence-corrected chi connectivity index (χ0v) is 22.1. The Morgan fingerprint density at radius 2 is 1.63 bits per heavy atom. The average molecular weight is 549 g/mol. The van der Waals surface area contributed by atoms with Gasteiger partial charge in [-0.2, -0.15) is 0 Å². The second-order valence-electron chi connectivity index (χ2n) is 8.57. The van der Waals surface area contributed by atoms with E-state index in [0.717, 1.165) is 11.1 Å². The summed E-state index contributed by atoms with van der Waals surface area (Å²) in [5.41, 5.74) is 2.90. The number of halogens is 4. The molecule has 4 rings (SSSR count). The number of amides is 1. The molecule has 0 aliphatic heterocycles. The van der Waals surface area contributed by atoms with Crippen molar-refractivity contribution in [3.63, 3.8) is 0 Å². The average Bonchev–Trinajstić information content (AvgIpc) is 2.79. The lowest BCUT2D eigenvalue weighted by Crippen LogP contribution is -2.26. The summed E-state index contributed by atoms with van der Waals surface area (Å²) in [6.45, 7) is 5.73. The van der Waals surface area contributed by atoms with Crippen LogP contribution in [0.3, 0.4) is 0 Å². The summed E-state index contributed by atoms with van der Waals surface area (Å²) in [5.74, 6) is -0.217. The van der Waals surface area contributed by atoms with Crippen LogP contribution in [0.15, 0.2) is 53.3 Å². The molecular weight excluding hydrogens is 528 g/mol. The maximum Gasteiger partial charge on any atom is 0.273 e. The second kappa shape index (κ2) is 10.2. The van der Waals surface area contributed by atoms with E-state index in [9.17, 15) is 9.59 Å². The van der Waals surface area contributed by atoms with Crippen LogP contribution >= 0.6 is 46.4 Å². The Kier molecular flexibility index (Phi) is 7.43. The van der Waals surface area contributed by atoms with E-state index in [2.05, 4.69) is 5.32 Å². The molecule has 2 aromatic carbocycles. The number of aromatic nitrogens is 2. The monoisotopic (exact) mass is 547 g/mol. The van der Waals surface area contributed by atoms with E-state index in [0.29, 0.717) is 43.9 Å². The molecular formula is C26H21Cl4N3O2. The van der Waals surface area contributed by atoms with Crippen molar-refractivity contribution < 1.29 is 4.79 Å². The minimum atomic E-state index is -0.434. The Hall–Kier alpha value is -2.57. The number of fused-ring (bicyclic) bond motifs is 1. The zero-order chi connectivity index (χ0) is 25.4. The third-order valence-corrected chi connectivity index (χ3v) is 6.52. The molecule has 0 bridgehead atoms. The topological polar surface area (TPSA) is 64.0 Å². The molecule has 4 aromatic rings. The summed E-state index contributed by atoms with van der Waals surface area (Å²) in [4.78, 5) is 30.2. The van der Waals surface area contributed by atoms with E-state index in [1.165, 1.54) is 11.5 Å². The molecule has 0 aliphatic carbocycles. The van der Waals surface area contributed by atoms with Crippen LogP contribution in [0.5, 0.6) is 0 Å². The van der Waals surface area contributed by atoms with Crippen LogP contribution < -0.4 is 10.9 Å². The number of nitrogens with zero attached hydrogens (tertiary/aromatic N) is 2. The molecule has 0 fully saturated rings. The number of rotatable bonds is 5. The molecule has 1 amide bonds. The van der Waals surface area contributed by atoms with Gasteiger partial charge in [-0.1, -0.05) is 72.4 Å². The van der Waals surface area contributed by atoms with Crippen molar-refractivity contribution in [2.45, 2.75) is 27.3 Å². The standard InChI is InChI=1S/C26H21Cl4N3O2/c1-13(2)12-33-25-20(24(31-14(3)34)22(30)26(33)35)11-19(15-4-6-16(27)7-5-15)23(32-25)18-9-8-17(28)10-21(18)29/h4-11,13H,12H2,1-3H3,(H,31,34). The number of carbonyl (C=O) groups is 1. The Morgan fingerprint density at radius 3 is 2.23 bits per heavy atom. The van der Waals surface area contributed by atoms with Gasteiger partial charge in [0.05, 0.1) is 16.4 Å². The molecule has 0 unspecified atom stereocenters. The minimum Gasteiger partial charge on any atom is -0.324 e. The molecule has 0 radical (unpaired) electrons. The van der Waals surface area contributed by atoms with Gasteiger partial charge in [0.2, 0.25) is 5.91 Å². The third kappa shape index (κ3) is 5.19. The van der Waals surface area contributed by atoms with Gasteiger partial charge in [-0.15, -0.1) is 0 Å². The van der Waals surface area contributed by atoms with E-state index in [1.807, 2.05) is 32.0 Å². The van der Waals surface area contributed by atoms with E-state index in [4.69, 9.17) is 51.4 Å². The first-order valence-electron chi connectivity index (χ1n) is 10.8. The van der Waals surface area contributed by atoms with Crippen molar-refractivity contribution in [2.75, 3.05) is 5.32 Å². The molecule has 0 atom stereocenters. The van der Waals surface area contributed by atoms with Crippen LogP contribution in [-0.2, 0) is 11.3 Å². The fourth-order valence-corrected chi connectivity index (χ4v) is 4.78. The molecule has 0 saturated heterocycles. The quantitative estimate of drug-likeness (QED) is 0.275. The van der Waals surface area contributed by atoms with E-state index >= 15 is 0 Å². The molecule has 0 saturated carbocycles. The zero-order valence-electron chi connectivity index (χ0n) is 19.1. The van der Waals surface area contributed by atoms with E-state index < -0.39 is 5.56 Å². The fraction of sp³-hybridized carbons (Fsp3) is 0.192. The van der Waals surface area contributed by atoms with Crippen molar-refractivity contribution in [2.24, 2.45) is 5.92 Å². The van der Waals surface area contributed by atoms with Gasteiger partial charge in [-0.3, -0.25) is 14.2 Å². The summed E-state index contributed by atoms with van der Waals surface area (Å²) in [6, 6.07) is 14.3. The molecule has 5 nitrogen and oxygen atoms in total. The smallest absolute Gasteiger partial charge is 0.273 e. The number of benzene rings is 2. The molecule has 2 heterocycles. The number of nitrogens with one attached hydrogen (secondary N) is 1. The van der Waals surface area contributed by atoms with Gasteiger partial charge in [0.25, 0.3) is 5.56 Å². The molecule has 1 N–H and O–H groups in total. The lowest BCUT2D eigenvalue weighted by molar-refractivity contribution is -0.114. The summed E-state index contributed by atoms with van der Waals surface area (Å²) >= 11 is 25.4. The van der Waals surface area contributed by atoms with Gasteiger partial charge < -0.3 is 5.32 Å². The Labute approximate surface area is 222 Å². The van der Waals surface area contributed by atoms with Crippen LogP contribution in [-0.4, -0.2) is 15.5 Å². The largest absolute Gasteiger partial charge is 0.324 e. The minimum absolute atomic E-state index is 0.0746. The van der Waals surface area contributed by atoms with E-state index in [1.54, 1.807) is 30.3 Å². The second-order valence-corrected chi connectivity index (χ2v) is 10.2. The Morgan fingerprint density at radius 1 is 0.971 bits per heavy atom. The predicted octanol–water partition coefficient (Wildman–Crippen LogP) is 7.96. The molecule has 180 valence electrons. The van der Waals surface area contributed by atoms with Crippen molar-refractivity contribution in [1.29, 1.82) is 0 Å². The van der Waals surface area contributed by atoms with Gasteiger partial charge in [0.1, 0.15) is 10.7 Å². The number of carbonyl (C=O) groups excluding carboxylic acids is 1. The van der Waals surface area contributed by atoms with Crippen molar-refractivity contribution in [3.05, 3.63) is 79.0 Å². The number of hydrogen-bond acceptors (Lipinski definition) is 3. The summed E-state index contributed by atoms with van der Waals surface area (Å²) in [5, 5.41) is 4.66. The molecule has 0 aliphatic rings. The maximum absolute atomic E-state index is 13.3. The lowest BCUT2D eigenvalue weighted by Gasteiger charge is -2.19. The van der Waals surface area contributed by atoms with Gasteiger partial charge in [-0.25, -0.2) is 4.98 Å². The van der Waals surface area contributed by atoms with Crippen LogP contribution in [0.25, 0.3) is 33.4 Å². The van der Waals surface area contributed by atoms with Crippen molar-refractivity contribution in [3.8, 4) is 22.4 Å². The maximum atomic E-state index is 13.3. The number of anilines is 1. The predicted molar refractivity (Wildman–Crippen MR) is 146 cm³/mol. The van der Waals surface area contributed by atoms with Gasteiger partial charge in [-0.05, 0) is 47.9 Å².